The first kappa shape index (κ1) is 33.8. The summed E-state index contributed by atoms with van der Waals surface area (Å²) in [5, 5.41) is 33.7. The molecule has 10 heteroatoms. The molecule has 0 aromatic heterocycles. The highest BCUT2D eigenvalue weighted by atomic mass is 32.3. The summed E-state index contributed by atoms with van der Waals surface area (Å²) in [4.78, 5) is 11.9. The molecule has 9 atom stereocenters. The fourth-order valence-electron chi connectivity index (χ4n) is 10.2. The van der Waals surface area contributed by atoms with Gasteiger partial charge in [-0.3, -0.25) is 9.35 Å². The molecule has 4 N–H and O–H groups in total. The van der Waals surface area contributed by atoms with Crippen molar-refractivity contribution >= 4 is 16.4 Å². The molecule has 9 nitrogen and oxygen atoms in total. The molecule has 2 unspecified atom stereocenters. The molecule has 4 rings (SSSR count). The molecule has 0 aromatic rings. The highest BCUT2D eigenvalue weighted by molar-refractivity contribution is 7.80. The predicted octanol–water partition coefficient (Wildman–Crippen LogP) is 5.13. The van der Waals surface area contributed by atoms with Gasteiger partial charge in [0.2, 0.25) is 0 Å². The monoisotopic (exact) mass is 614 g/mol. The van der Waals surface area contributed by atoms with E-state index in [0.29, 0.717) is 18.8 Å². The van der Waals surface area contributed by atoms with Gasteiger partial charge in [0, 0.05) is 17.8 Å². The number of ether oxygens (including phenoxy) is 1. The van der Waals surface area contributed by atoms with E-state index in [9.17, 15) is 28.5 Å². The van der Waals surface area contributed by atoms with Crippen LogP contribution in [0.25, 0.3) is 0 Å². The maximum absolute atomic E-state index is 12.4. The van der Waals surface area contributed by atoms with Gasteiger partial charge in [-0.05, 0) is 93.8 Å². The van der Waals surface area contributed by atoms with Crippen molar-refractivity contribution < 1.29 is 42.0 Å². The lowest BCUT2D eigenvalue weighted by molar-refractivity contribution is -0.168. The number of carbonyl (C=O) groups excluding carboxylic acids is 1. The van der Waals surface area contributed by atoms with E-state index in [1.807, 2.05) is 6.92 Å². The van der Waals surface area contributed by atoms with E-state index >= 15 is 0 Å². The van der Waals surface area contributed by atoms with Gasteiger partial charge in [0.25, 0.3) is 0 Å². The van der Waals surface area contributed by atoms with Crippen LogP contribution in [0.1, 0.15) is 120 Å². The molecule has 242 valence electrons. The first-order valence-corrected chi connectivity index (χ1v) is 17.1. The van der Waals surface area contributed by atoms with Gasteiger partial charge in [-0.15, -0.1) is 0 Å². The minimum atomic E-state index is -4.74. The van der Waals surface area contributed by atoms with Crippen LogP contribution in [-0.4, -0.2) is 64.3 Å². The molecule has 2 fully saturated rings. The molecular weight excluding hydrogens is 560 g/mol. The molecule has 0 spiro atoms. The molecule has 0 aliphatic heterocycles. The van der Waals surface area contributed by atoms with E-state index in [2.05, 4.69) is 38.8 Å². The van der Waals surface area contributed by atoms with Crippen molar-refractivity contribution in [2.45, 2.75) is 143 Å². The van der Waals surface area contributed by atoms with Crippen molar-refractivity contribution in [3.05, 3.63) is 11.1 Å². The van der Waals surface area contributed by atoms with E-state index in [1.165, 1.54) is 19.4 Å². The number of aliphatic hydroxyl groups excluding tert-OH is 1. The Morgan fingerprint density at radius 2 is 1.67 bits per heavy atom. The predicted molar refractivity (Wildman–Crippen MR) is 159 cm³/mol. The lowest BCUT2D eigenvalue weighted by Crippen LogP contribution is -2.58. The Morgan fingerprint density at radius 1 is 1.02 bits per heavy atom. The van der Waals surface area contributed by atoms with Crippen molar-refractivity contribution in [3.63, 3.8) is 0 Å². The molecular formula is C32H54O9S. The Hall–Kier alpha value is -1.04. The van der Waals surface area contributed by atoms with Gasteiger partial charge < -0.3 is 20.1 Å². The summed E-state index contributed by atoms with van der Waals surface area (Å²) in [6.45, 7) is 15.5. The van der Waals surface area contributed by atoms with E-state index in [1.54, 1.807) is 5.57 Å². The highest BCUT2D eigenvalue weighted by Crippen LogP contribution is 2.73. The zero-order chi connectivity index (χ0) is 31.7. The number of esters is 1. The van der Waals surface area contributed by atoms with Gasteiger partial charge in [0.05, 0.1) is 18.3 Å². The zero-order valence-corrected chi connectivity index (χ0v) is 27.6. The summed E-state index contributed by atoms with van der Waals surface area (Å²) in [6.07, 6.45) is 6.39. The van der Waals surface area contributed by atoms with Crippen molar-refractivity contribution in [1.82, 2.24) is 0 Å². The van der Waals surface area contributed by atoms with Crippen LogP contribution in [0.2, 0.25) is 0 Å². The summed E-state index contributed by atoms with van der Waals surface area (Å²) in [6, 6.07) is 0. The molecule has 0 amide bonds. The summed E-state index contributed by atoms with van der Waals surface area (Å²) >= 11 is 0. The Labute approximate surface area is 252 Å². The first-order valence-electron chi connectivity index (χ1n) is 15.7. The molecule has 0 saturated heterocycles. The Balaban J connectivity index is 1.55. The quantitative estimate of drug-likeness (QED) is 0.157. The van der Waals surface area contributed by atoms with Gasteiger partial charge in [-0.1, -0.05) is 52.7 Å². The van der Waals surface area contributed by atoms with Gasteiger partial charge in [-0.25, -0.2) is 4.18 Å². The maximum atomic E-state index is 12.4. The second-order valence-electron chi connectivity index (χ2n) is 15.6. The molecule has 0 radical (unpaired) electrons. The standard InChI is InChI=1S/C32H54O9S/c1-20(9-12-25(34)30(7,35)19-40-42(37,38)39)32(36)18-17-29(6)23-10-11-24-27(3,4)26(41-21(2)33)14-15-28(24,5)22(23)13-16-31(29,32)8/h20,24-26,34-36H,9-19H2,1-8H3,(H,37,38,39)/t20-,24+,25?,26+,28-,29+,30?,31+,32+/m1/s1. The highest BCUT2D eigenvalue weighted by Gasteiger charge is 2.68. The number of aliphatic hydroxyl groups is 3. The Morgan fingerprint density at radius 3 is 2.26 bits per heavy atom. The summed E-state index contributed by atoms with van der Waals surface area (Å²) < 4.78 is 40.9. The molecule has 0 heterocycles. The number of allylic oxidation sites excluding steroid dienone is 2. The lowest BCUT2D eigenvalue weighted by atomic mass is 9.43. The smallest absolute Gasteiger partial charge is 0.397 e. The van der Waals surface area contributed by atoms with E-state index in [4.69, 9.17) is 9.29 Å². The minimum Gasteiger partial charge on any atom is -0.462 e. The number of hydrogen-bond acceptors (Lipinski definition) is 8. The van der Waals surface area contributed by atoms with Gasteiger partial charge in [0.15, 0.2) is 0 Å². The molecule has 42 heavy (non-hydrogen) atoms. The van der Waals surface area contributed by atoms with E-state index in [0.717, 1.165) is 44.9 Å². The number of hydrogen-bond donors (Lipinski definition) is 4. The molecule has 2 saturated carbocycles. The number of carbonyl (C=O) groups is 1. The molecule has 0 bridgehead atoms. The number of fused-ring (bicyclic) bond motifs is 4. The maximum Gasteiger partial charge on any atom is 0.397 e. The Kier molecular flexibility index (Phi) is 8.70. The molecule has 4 aliphatic rings. The van der Waals surface area contributed by atoms with E-state index in [-0.39, 0.29) is 46.1 Å². The van der Waals surface area contributed by atoms with Crippen molar-refractivity contribution in [3.8, 4) is 0 Å². The van der Waals surface area contributed by atoms with Crippen LogP contribution in [0.4, 0.5) is 0 Å². The topological polar surface area (TPSA) is 151 Å². The first-order chi connectivity index (χ1) is 19.1. The van der Waals surface area contributed by atoms with Crippen LogP contribution in [0, 0.1) is 33.5 Å². The zero-order valence-electron chi connectivity index (χ0n) is 26.8. The average Bonchev–Trinajstić information content (AvgIpc) is 3.09. The van der Waals surface area contributed by atoms with Crippen LogP contribution in [0.3, 0.4) is 0 Å². The summed E-state index contributed by atoms with van der Waals surface area (Å²) in [5.74, 6) is 0.0211. The largest absolute Gasteiger partial charge is 0.462 e. The molecule has 0 aromatic carbocycles. The van der Waals surface area contributed by atoms with E-state index < -0.39 is 34.3 Å². The second-order valence-corrected chi connectivity index (χ2v) is 16.6. The average molecular weight is 615 g/mol. The Bertz CT molecular complexity index is 1210. The fourth-order valence-corrected chi connectivity index (χ4v) is 10.6. The SMILES string of the molecule is CC(=O)O[C@H]1CC[C@]2(C)C3=C(CC[C@H]2C1(C)C)[C@]1(C)CC[C@](O)([C@H](C)CCC(O)C(C)(O)COS(=O)(=O)O)[C@@]1(C)CC3. The number of rotatable bonds is 9. The van der Waals surface area contributed by atoms with Crippen molar-refractivity contribution in [2.24, 2.45) is 33.5 Å². The van der Waals surface area contributed by atoms with Crippen molar-refractivity contribution in [1.29, 1.82) is 0 Å². The van der Waals surface area contributed by atoms with Crippen LogP contribution in [-0.2, 0) is 24.1 Å². The minimum absolute atomic E-state index is 0.0320. The normalized spacial score (nSPS) is 40.8. The van der Waals surface area contributed by atoms with Crippen LogP contribution >= 0.6 is 0 Å². The third-order valence-corrected chi connectivity index (χ3v) is 13.5. The fraction of sp³-hybridized carbons (Fsp3) is 0.906. The van der Waals surface area contributed by atoms with Gasteiger partial charge in [0.1, 0.15) is 11.7 Å². The van der Waals surface area contributed by atoms with Crippen molar-refractivity contribution in [2.75, 3.05) is 6.61 Å². The summed E-state index contributed by atoms with van der Waals surface area (Å²) in [5.41, 5.74) is -0.397. The molecule has 4 aliphatic carbocycles. The van der Waals surface area contributed by atoms with Crippen LogP contribution < -0.4 is 0 Å². The van der Waals surface area contributed by atoms with Crippen LogP contribution in [0.5, 0.6) is 0 Å². The third kappa shape index (κ3) is 5.30. The van der Waals surface area contributed by atoms with Gasteiger partial charge >= 0.3 is 16.4 Å². The lowest BCUT2D eigenvalue weighted by Gasteiger charge is -2.63. The second kappa shape index (κ2) is 10.8. The third-order valence-electron chi connectivity index (χ3n) is 13.1. The van der Waals surface area contributed by atoms with Gasteiger partial charge in [-0.2, -0.15) is 8.42 Å². The summed E-state index contributed by atoms with van der Waals surface area (Å²) in [7, 11) is -4.74. The van der Waals surface area contributed by atoms with Crippen LogP contribution in [0.15, 0.2) is 11.1 Å².